The zero-order valence-corrected chi connectivity index (χ0v) is 12.1. The molecule has 0 aliphatic heterocycles. The van der Waals surface area contributed by atoms with Gasteiger partial charge >= 0.3 is 0 Å². The molecule has 0 aromatic heterocycles. The Kier molecular flexibility index (Phi) is 5.32. The van der Waals surface area contributed by atoms with Crippen molar-refractivity contribution in [3.63, 3.8) is 0 Å². The van der Waals surface area contributed by atoms with Crippen molar-refractivity contribution in [3.8, 4) is 0 Å². The van der Waals surface area contributed by atoms with Crippen LogP contribution in [0.1, 0.15) is 26.2 Å². The monoisotopic (exact) mass is 284 g/mol. The number of allylic oxidation sites excluding steroid dienone is 2. The number of fused-ring (bicyclic) bond motifs is 1. The van der Waals surface area contributed by atoms with Crippen LogP contribution < -0.4 is 0 Å². The smallest absolute Gasteiger partial charge is 0.164 e. The van der Waals surface area contributed by atoms with Crippen molar-refractivity contribution in [2.24, 2.45) is 17.8 Å². The summed E-state index contributed by atoms with van der Waals surface area (Å²) < 4.78 is 10.5. The summed E-state index contributed by atoms with van der Waals surface area (Å²) in [5.41, 5.74) is 1.19. The first-order valence-electron chi connectivity index (χ1n) is 7.19. The summed E-state index contributed by atoms with van der Waals surface area (Å²) in [6, 6.07) is 0. The van der Waals surface area contributed by atoms with Gasteiger partial charge in [-0.2, -0.15) is 0 Å². The quantitative estimate of drug-likeness (QED) is 0.579. The molecule has 5 atom stereocenters. The largest absolute Gasteiger partial charge is 0.396 e. The fraction of sp³-hybridized carbons (Fsp3) is 0.800. The molecule has 5 nitrogen and oxygen atoms in total. The molecule has 0 amide bonds. The molecule has 2 aliphatic rings. The minimum Gasteiger partial charge on any atom is -0.396 e. The van der Waals surface area contributed by atoms with E-state index in [1.807, 2.05) is 6.92 Å². The fourth-order valence-corrected chi connectivity index (χ4v) is 3.73. The van der Waals surface area contributed by atoms with Crippen molar-refractivity contribution < 1.29 is 24.5 Å². The fourth-order valence-electron chi connectivity index (χ4n) is 3.73. The lowest BCUT2D eigenvalue weighted by Crippen LogP contribution is -2.52. The van der Waals surface area contributed by atoms with Gasteiger partial charge in [-0.3, -0.25) is 4.79 Å². The van der Waals surface area contributed by atoms with Gasteiger partial charge in [0, 0.05) is 26.1 Å². The topological polar surface area (TPSA) is 76.0 Å². The van der Waals surface area contributed by atoms with Crippen molar-refractivity contribution in [3.05, 3.63) is 11.6 Å². The second-order valence-electron chi connectivity index (χ2n) is 5.78. The number of rotatable bonds is 5. The van der Waals surface area contributed by atoms with Crippen LogP contribution in [0.3, 0.4) is 0 Å². The zero-order chi connectivity index (χ0) is 14.7. The Morgan fingerprint density at radius 3 is 2.85 bits per heavy atom. The van der Waals surface area contributed by atoms with Gasteiger partial charge in [-0.15, -0.1) is 0 Å². The number of ether oxygens (including phenoxy) is 2. The van der Waals surface area contributed by atoms with Crippen LogP contribution >= 0.6 is 0 Å². The van der Waals surface area contributed by atoms with E-state index in [9.17, 15) is 15.0 Å². The van der Waals surface area contributed by atoms with Crippen molar-refractivity contribution in [1.29, 1.82) is 0 Å². The maximum Gasteiger partial charge on any atom is 0.164 e. The summed E-state index contributed by atoms with van der Waals surface area (Å²) >= 11 is 0. The lowest BCUT2D eigenvalue weighted by Gasteiger charge is -2.46. The van der Waals surface area contributed by atoms with Crippen LogP contribution in [0, 0.1) is 17.8 Å². The first kappa shape index (κ1) is 15.6. The van der Waals surface area contributed by atoms with Crippen molar-refractivity contribution in [1.82, 2.24) is 0 Å². The van der Waals surface area contributed by atoms with Gasteiger partial charge in [0.15, 0.2) is 5.78 Å². The average molecular weight is 284 g/mol. The van der Waals surface area contributed by atoms with Gasteiger partial charge in [-0.1, -0.05) is 11.6 Å². The molecular weight excluding hydrogens is 260 g/mol. The Balaban J connectivity index is 2.22. The molecule has 0 spiro atoms. The van der Waals surface area contributed by atoms with Crippen LogP contribution in [-0.2, 0) is 14.3 Å². The Bertz CT molecular complexity index is 378. The molecule has 0 aromatic carbocycles. The predicted molar refractivity (Wildman–Crippen MR) is 72.9 cm³/mol. The van der Waals surface area contributed by atoms with E-state index in [0.717, 1.165) is 6.42 Å². The van der Waals surface area contributed by atoms with Crippen molar-refractivity contribution in [2.75, 3.05) is 20.5 Å². The van der Waals surface area contributed by atoms with Crippen LogP contribution in [0.4, 0.5) is 0 Å². The van der Waals surface area contributed by atoms with Crippen LogP contribution in [0.25, 0.3) is 0 Å². The number of carbonyl (C=O) groups excluding carboxylic acids is 1. The molecule has 0 bridgehead atoms. The van der Waals surface area contributed by atoms with Gasteiger partial charge in [0.1, 0.15) is 12.9 Å². The van der Waals surface area contributed by atoms with Crippen LogP contribution in [0.15, 0.2) is 11.6 Å². The molecule has 0 unspecified atom stereocenters. The Labute approximate surface area is 119 Å². The number of aliphatic hydroxyl groups is 2. The third-order valence-corrected chi connectivity index (χ3v) is 4.62. The summed E-state index contributed by atoms with van der Waals surface area (Å²) in [4.78, 5) is 12.1. The summed E-state index contributed by atoms with van der Waals surface area (Å²) in [5.74, 6) is 0.0235. The minimum absolute atomic E-state index is 0.0216. The Hall–Kier alpha value is -0.750. The second kappa shape index (κ2) is 6.80. The summed E-state index contributed by atoms with van der Waals surface area (Å²) in [6.07, 6.45) is 2.44. The summed E-state index contributed by atoms with van der Waals surface area (Å²) in [7, 11) is 1.53. The molecule has 1 fully saturated rings. The van der Waals surface area contributed by atoms with Crippen molar-refractivity contribution in [2.45, 2.75) is 38.4 Å². The van der Waals surface area contributed by atoms with Crippen LogP contribution in [0.5, 0.6) is 0 Å². The first-order valence-corrected chi connectivity index (χ1v) is 7.19. The molecule has 2 aliphatic carbocycles. The molecule has 0 aromatic rings. The van der Waals surface area contributed by atoms with Crippen molar-refractivity contribution >= 4 is 5.78 Å². The van der Waals surface area contributed by atoms with E-state index in [2.05, 4.69) is 6.08 Å². The van der Waals surface area contributed by atoms with E-state index in [4.69, 9.17) is 9.47 Å². The van der Waals surface area contributed by atoms with Gasteiger partial charge in [0.25, 0.3) is 0 Å². The predicted octanol–water partition coefficient (Wildman–Crippen LogP) is 0.890. The van der Waals surface area contributed by atoms with E-state index in [0.29, 0.717) is 6.42 Å². The van der Waals surface area contributed by atoms with Crippen LogP contribution in [-0.4, -0.2) is 48.7 Å². The minimum atomic E-state index is -0.643. The molecule has 5 heteroatoms. The number of ketones is 1. The summed E-state index contributed by atoms with van der Waals surface area (Å²) in [5, 5.41) is 19.6. The standard InChI is InChI=1S/C15H24O5/c1-9-3-4-11-14(10(9)5-6-16)12(17)7-13(18)15(11)20-8-19-2/h3,10-12,14-17H,4-8H2,1-2H3/t10-,11-,12-,14+,15-/m0/s1. The number of methoxy groups -OCH3 is 1. The highest BCUT2D eigenvalue weighted by atomic mass is 16.7. The molecule has 0 saturated heterocycles. The second-order valence-corrected chi connectivity index (χ2v) is 5.78. The highest BCUT2D eigenvalue weighted by molar-refractivity contribution is 5.85. The lowest BCUT2D eigenvalue weighted by molar-refractivity contribution is -0.166. The average Bonchev–Trinajstić information content (AvgIpc) is 2.41. The number of carbonyl (C=O) groups is 1. The Morgan fingerprint density at radius 1 is 1.45 bits per heavy atom. The maximum absolute atomic E-state index is 12.1. The van der Waals surface area contributed by atoms with E-state index in [-0.39, 0.29) is 43.4 Å². The lowest BCUT2D eigenvalue weighted by atomic mass is 9.62. The number of hydrogen-bond donors (Lipinski definition) is 2. The van der Waals surface area contributed by atoms with E-state index in [1.165, 1.54) is 12.7 Å². The van der Waals surface area contributed by atoms with Gasteiger partial charge in [-0.25, -0.2) is 0 Å². The third-order valence-electron chi connectivity index (χ3n) is 4.62. The number of Topliss-reactive ketones (excluding diaryl/α,β-unsaturated/α-hetero) is 1. The molecule has 20 heavy (non-hydrogen) atoms. The molecular formula is C15H24O5. The maximum atomic E-state index is 12.1. The third kappa shape index (κ3) is 2.96. The molecule has 0 radical (unpaired) electrons. The SMILES string of the molecule is COCO[C@@H]1C(=O)C[C@H](O)[C@H]2[C@@H]1CC=C(C)[C@@H]2CCO. The molecule has 0 heterocycles. The van der Waals surface area contributed by atoms with Gasteiger partial charge in [0.2, 0.25) is 0 Å². The molecule has 2 N–H and O–H groups in total. The molecule has 1 saturated carbocycles. The van der Waals surface area contributed by atoms with Gasteiger partial charge in [-0.05, 0) is 31.6 Å². The van der Waals surface area contributed by atoms with E-state index >= 15 is 0 Å². The van der Waals surface area contributed by atoms with Gasteiger partial charge in [0.05, 0.1) is 6.10 Å². The highest BCUT2D eigenvalue weighted by Gasteiger charge is 2.48. The highest BCUT2D eigenvalue weighted by Crippen LogP contribution is 2.45. The number of aliphatic hydroxyl groups excluding tert-OH is 2. The Morgan fingerprint density at radius 2 is 2.20 bits per heavy atom. The number of hydrogen-bond acceptors (Lipinski definition) is 5. The van der Waals surface area contributed by atoms with Crippen LogP contribution in [0.2, 0.25) is 0 Å². The van der Waals surface area contributed by atoms with E-state index in [1.54, 1.807) is 0 Å². The normalized spacial score (nSPS) is 37.5. The van der Waals surface area contributed by atoms with E-state index < -0.39 is 12.2 Å². The van der Waals surface area contributed by atoms with Gasteiger partial charge < -0.3 is 19.7 Å². The molecule has 114 valence electrons. The first-order chi connectivity index (χ1) is 9.60. The summed E-state index contributed by atoms with van der Waals surface area (Å²) in [6.45, 7) is 2.21. The molecule has 2 rings (SSSR count). The zero-order valence-electron chi connectivity index (χ0n) is 12.1.